The van der Waals surface area contributed by atoms with E-state index in [0.29, 0.717) is 0 Å². The van der Waals surface area contributed by atoms with Gasteiger partial charge in [-0.15, -0.1) is 0 Å². The zero-order valence-corrected chi connectivity index (χ0v) is 17.6. The number of anilines is 1. The number of aliphatic carboxylic acids is 1. The predicted molar refractivity (Wildman–Crippen MR) is 112 cm³/mol. The van der Waals surface area contributed by atoms with Gasteiger partial charge in [0.1, 0.15) is 10.6 Å². The van der Waals surface area contributed by atoms with Crippen molar-refractivity contribution in [3.05, 3.63) is 63.2 Å². The molecule has 1 saturated heterocycles. The predicted octanol–water partition coefficient (Wildman–Crippen LogP) is 2.99. The van der Waals surface area contributed by atoms with Crippen LogP contribution < -0.4 is 5.32 Å². The van der Waals surface area contributed by atoms with Crippen LogP contribution in [0, 0.1) is 16.0 Å². The number of nitro groups is 1. The maximum absolute atomic E-state index is 13.0. The molecule has 2 aromatic carbocycles. The van der Waals surface area contributed by atoms with Crippen molar-refractivity contribution in [3.8, 4) is 0 Å². The fraction of sp³-hybridized carbons (Fsp3) is 0.263. The summed E-state index contributed by atoms with van der Waals surface area (Å²) in [5.74, 6) is -2.32. The summed E-state index contributed by atoms with van der Waals surface area (Å²) < 4.78 is 27.2. The number of halogens is 1. The summed E-state index contributed by atoms with van der Waals surface area (Å²) in [5.41, 5.74) is -0.395. The number of nitrogens with zero attached hydrogens (tertiary/aromatic N) is 2. The minimum atomic E-state index is -4.07. The van der Waals surface area contributed by atoms with Crippen LogP contribution in [0.4, 0.5) is 11.4 Å². The topological polar surface area (TPSA) is 147 Å². The van der Waals surface area contributed by atoms with Crippen molar-refractivity contribution in [3.63, 3.8) is 0 Å². The van der Waals surface area contributed by atoms with Gasteiger partial charge in [-0.1, -0.05) is 23.7 Å². The molecular formula is C19H18ClN3O7S. The summed E-state index contributed by atoms with van der Waals surface area (Å²) in [6, 6.07) is 9.22. The number of benzene rings is 2. The van der Waals surface area contributed by atoms with Crippen molar-refractivity contribution in [2.24, 2.45) is 5.92 Å². The molecule has 31 heavy (non-hydrogen) atoms. The SMILES string of the molecule is O=C(Nc1ccccc1[N+](=O)[O-])c1ccc(Cl)c(S(=O)(=O)N2CCC(C(=O)O)CC2)c1. The van der Waals surface area contributed by atoms with Crippen molar-refractivity contribution in [1.82, 2.24) is 4.31 Å². The molecule has 10 nitrogen and oxygen atoms in total. The molecule has 0 radical (unpaired) electrons. The van der Waals surface area contributed by atoms with E-state index in [1.54, 1.807) is 0 Å². The molecule has 164 valence electrons. The molecule has 0 unspecified atom stereocenters. The highest BCUT2D eigenvalue weighted by Crippen LogP contribution is 2.30. The lowest BCUT2D eigenvalue weighted by Crippen LogP contribution is -2.40. The quantitative estimate of drug-likeness (QED) is 0.490. The first-order chi connectivity index (χ1) is 14.6. The number of nitrogens with one attached hydrogen (secondary N) is 1. The van der Waals surface area contributed by atoms with Gasteiger partial charge in [0.15, 0.2) is 0 Å². The first-order valence-electron chi connectivity index (χ1n) is 9.18. The van der Waals surface area contributed by atoms with E-state index in [9.17, 15) is 28.1 Å². The number of sulfonamides is 1. The summed E-state index contributed by atoms with van der Waals surface area (Å²) in [6.07, 6.45) is 0.341. The molecule has 1 fully saturated rings. The molecule has 0 saturated carbocycles. The van der Waals surface area contributed by atoms with Crippen molar-refractivity contribution < 1.29 is 28.0 Å². The maximum Gasteiger partial charge on any atom is 0.306 e. The van der Waals surface area contributed by atoms with Gasteiger partial charge < -0.3 is 10.4 Å². The number of carboxylic acids is 1. The lowest BCUT2D eigenvalue weighted by molar-refractivity contribution is -0.383. The standard InChI is InChI=1S/C19H18ClN3O7S/c20-14-6-5-13(18(24)21-15-3-1-2-4-16(15)23(27)28)11-17(14)31(29,30)22-9-7-12(8-10-22)19(25)26/h1-6,11-12H,7-10H2,(H,21,24)(H,25,26). The van der Waals surface area contributed by atoms with Crippen LogP contribution >= 0.6 is 11.6 Å². The van der Waals surface area contributed by atoms with Gasteiger partial charge in [-0.2, -0.15) is 4.31 Å². The van der Waals surface area contributed by atoms with Gasteiger partial charge in [0.05, 0.1) is 15.9 Å². The van der Waals surface area contributed by atoms with Gasteiger partial charge in [-0.3, -0.25) is 19.7 Å². The summed E-state index contributed by atoms with van der Waals surface area (Å²) in [6.45, 7) is 0.0323. The molecule has 1 aliphatic heterocycles. The number of piperidine rings is 1. The molecule has 0 atom stereocenters. The van der Waals surface area contributed by atoms with E-state index in [1.807, 2.05) is 0 Å². The van der Waals surface area contributed by atoms with Gasteiger partial charge in [-0.25, -0.2) is 8.42 Å². The number of amides is 1. The fourth-order valence-electron chi connectivity index (χ4n) is 3.26. The van der Waals surface area contributed by atoms with Crippen molar-refractivity contribution >= 4 is 44.9 Å². The van der Waals surface area contributed by atoms with E-state index in [4.69, 9.17) is 16.7 Å². The number of nitro benzene ring substituents is 1. The Morgan fingerprint density at radius 2 is 1.81 bits per heavy atom. The summed E-state index contributed by atoms with van der Waals surface area (Å²) in [4.78, 5) is 33.9. The largest absolute Gasteiger partial charge is 0.481 e. The number of hydrogen-bond acceptors (Lipinski definition) is 6. The van der Waals surface area contributed by atoms with Gasteiger partial charge >= 0.3 is 5.97 Å². The Morgan fingerprint density at radius 1 is 1.16 bits per heavy atom. The van der Waals surface area contributed by atoms with Crippen LogP contribution in [0.1, 0.15) is 23.2 Å². The van der Waals surface area contributed by atoms with Crippen molar-refractivity contribution in [1.29, 1.82) is 0 Å². The molecule has 2 N–H and O–H groups in total. The van der Waals surface area contributed by atoms with Gasteiger partial charge in [-0.05, 0) is 37.1 Å². The van der Waals surface area contributed by atoms with E-state index in [0.717, 1.165) is 10.4 Å². The highest BCUT2D eigenvalue weighted by molar-refractivity contribution is 7.89. The molecule has 12 heteroatoms. The van der Waals surface area contributed by atoms with Crippen LogP contribution in [0.5, 0.6) is 0 Å². The highest BCUT2D eigenvalue weighted by Gasteiger charge is 2.33. The second-order valence-electron chi connectivity index (χ2n) is 6.89. The third-order valence-electron chi connectivity index (χ3n) is 4.96. The van der Waals surface area contributed by atoms with Crippen LogP contribution in [-0.2, 0) is 14.8 Å². The Bertz CT molecular complexity index is 1140. The van der Waals surface area contributed by atoms with Gasteiger partial charge in [0, 0.05) is 24.7 Å². The number of para-hydroxylation sites is 2. The second kappa shape index (κ2) is 9.00. The zero-order valence-electron chi connectivity index (χ0n) is 16.0. The molecule has 3 rings (SSSR count). The molecule has 2 aromatic rings. The normalized spacial score (nSPS) is 15.4. The minimum Gasteiger partial charge on any atom is -0.481 e. The maximum atomic E-state index is 13.0. The number of carbonyl (C=O) groups is 2. The van der Waals surface area contributed by atoms with Gasteiger partial charge in [0.25, 0.3) is 11.6 Å². The Balaban J connectivity index is 1.86. The van der Waals surface area contributed by atoms with Crippen LogP contribution in [0.15, 0.2) is 47.4 Å². The lowest BCUT2D eigenvalue weighted by Gasteiger charge is -2.29. The lowest BCUT2D eigenvalue weighted by atomic mass is 9.99. The van der Waals surface area contributed by atoms with E-state index in [2.05, 4.69) is 5.32 Å². The first-order valence-corrected chi connectivity index (χ1v) is 11.0. The van der Waals surface area contributed by atoms with E-state index < -0.39 is 32.7 Å². The van der Waals surface area contributed by atoms with E-state index in [1.165, 1.54) is 36.4 Å². The molecular weight excluding hydrogens is 450 g/mol. The average molecular weight is 468 g/mol. The summed E-state index contributed by atoms with van der Waals surface area (Å²) in [5, 5.41) is 22.5. The Labute approximate surface area is 182 Å². The molecule has 0 bridgehead atoms. The summed E-state index contributed by atoms with van der Waals surface area (Å²) in [7, 11) is -4.07. The second-order valence-corrected chi connectivity index (χ2v) is 9.20. The zero-order chi connectivity index (χ0) is 22.8. The molecule has 0 spiro atoms. The molecule has 0 aromatic heterocycles. The molecule has 1 aliphatic rings. The Morgan fingerprint density at radius 3 is 2.42 bits per heavy atom. The molecule has 0 aliphatic carbocycles. The highest BCUT2D eigenvalue weighted by atomic mass is 35.5. The summed E-state index contributed by atoms with van der Waals surface area (Å²) >= 11 is 6.09. The van der Waals surface area contributed by atoms with Crippen LogP contribution in [0.3, 0.4) is 0 Å². The average Bonchev–Trinajstić information content (AvgIpc) is 2.74. The third kappa shape index (κ3) is 4.84. The van der Waals surface area contributed by atoms with Crippen LogP contribution in [0.2, 0.25) is 5.02 Å². The van der Waals surface area contributed by atoms with Gasteiger partial charge in [0.2, 0.25) is 10.0 Å². The number of carboxylic acid groups (broad SMARTS) is 1. The minimum absolute atomic E-state index is 0.0161. The van der Waals surface area contributed by atoms with Crippen molar-refractivity contribution in [2.45, 2.75) is 17.7 Å². The van der Waals surface area contributed by atoms with E-state index in [-0.39, 0.29) is 52.8 Å². The third-order valence-corrected chi connectivity index (χ3v) is 7.34. The number of rotatable bonds is 6. The van der Waals surface area contributed by atoms with Crippen LogP contribution in [-0.4, -0.2) is 47.7 Å². The van der Waals surface area contributed by atoms with E-state index >= 15 is 0 Å². The smallest absolute Gasteiger partial charge is 0.306 e. The molecule has 1 amide bonds. The Hall–Kier alpha value is -3.02. The fourth-order valence-corrected chi connectivity index (χ4v) is 5.23. The molecule has 1 heterocycles. The van der Waals surface area contributed by atoms with Crippen LogP contribution in [0.25, 0.3) is 0 Å². The number of hydrogen-bond donors (Lipinski definition) is 2. The Kier molecular flexibility index (Phi) is 6.58. The van der Waals surface area contributed by atoms with Crippen molar-refractivity contribution in [2.75, 3.05) is 18.4 Å². The monoisotopic (exact) mass is 467 g/mol. The number of carbonyl (C=O) groups excluding carboxylic acids is 1. The first kappa shape index (κ1) is 22.7.